The Bertz CT molecular complexity index is 351. The summed E-state index contributed by atoms with van der Waals surface area (Å²) in [5, 5.41) is 0. The van der Waals surface area contributed by atoms with Gasteiger partial charge in [0.05, 0.1) is 14.2 Å². The van der Waals surface area contributed by atoms with E-state index in [-0.39, 0.29) is 5.41 Å². The van der Waals surface area contributed by atoms with Gasteiger partial charge in [-0.2, -0.15) is 0 Å². The fraction of sp³-hybridized carbons (Fsp3) is 0.571. The smallest absolute Gasteiger partial charge is 0.122 e. The average Bonchev–Trinajstić information content (AvgIpc) is 2.41. The van der Waals surface area contributed by atoms with E-state index >= 15 is 0 Å². The molecule has 0 radical (unpaired) electrons. The summed E-state index contributed by atoms with van der Waals surface area (Å²) in [6, 6.07) is 5.90. The minimum atomic E-state index is -0.0279. The van der Waals surface area contributed by atoms with Gasteiger partial charge < -0.3 is 15.2 Å². The molecule has 0 atom stereocenters. The van der Waals surface area contributed by atoms with Crippen molar-refractivity contribution in [3.63, 3.8) is 0 Å². The maximum absolute atomic E-state index is 5.98. The summed E-state index contributed by atoms with van der Waals surface area (Å²) < 4.78 is 10.7. The zero-order valence-electron chi connectivity index (χ0n) is 11.2. The molecule has 1 aromatic carbocycles. The van der Waals surface area contributed by atoms with Crippen molar-refractivity contribution < 1.29 is 9.47 Å². The first kappa shape index (κ1) is 13.8. The number of nitrogens with two attached hydrogens (primary N) is 1. The number of hydrogen-bond acceptors (Lipinski definition) is 3. The summed E-state index contributed by atoms with van der Waals surface area (Å²) in [6.07, 6.45) is 1.98. The standard InChI is InChI=1S/C14H23NO2/c1-5-14(6-2,10-15)12-9-11(16-3)7-8-13(12)17-4/h7-9H,5-6,10,15H2,1-4H3. The van der Waals surface area contributed by atoms with E-state index in [9.17, 15) is 0 Å². The van der Waals surface area contributed by atoms with Gasteiger partial charge in [-0.15, -0.1) is 0 Å². The zero-order chi connectivity index (χ0) is 12.9. The number of hydrogen-bond donors (Lipinski definition) is 1. The molecule has 0 saturated heterocycles. The molecule has 3 nitrogen and oxygen atoms in total. The molecule has 1 aromatic rings. The first-order chi connectivity index (χ1) is 8.17. The van der Waals surface area contributed by atoms with Crippen LogP contribution < -0.4 is 15.2 Å². The molecule has 3 heteroatoms. The molecular weight excluding hydrogens is 214 g/mol. The second-order valence-corrected chi connectivity index (χ2v) is 4.26. The zero-order valence-corrected chi connectivity index (χ0v) is 11.2. The summed E-state index contributed by atoms with van der Waals surface area (Å²) in [7, 11) is 3.37. The van der Waals surface area contributed by atoms with Crippen molar-refractivity contribution in [3.05, 3.63) is 23.8 Å². The van der Waals surface area contributed by atoms with Crippen LogP contribution in [0.4, 0.5) is 0 Å². The Morgan fingerprint density at radius 2 is 1.76 bits per heavy atom. The largest absolute Gasteiger partial charge is 0.497 e. The van der Waals surface area contributed by atoms with Crippen molar-refractivity contribution in [1.29, 1.82) is 0 Å². The number of methoxy groups -OCH3 is 2. The number of rotatable bonds is 6. The monoisotopic (exact) mass is 237 g/mol. The number of ether oxygens (including phenoxy) is 2. The predicted octanol–water partition coefficient (Wildman–Crippen LogP) is 2.72. The van der Waals surface area contributed by atoms with E-state index in [1.807, 2.05) is 18.2 Å². The summed E-state index contributed by atoms with van der Waals surface area (Å²) in [4.78, 5) is 0. The van der Waals surface area contributed by atoms with E-state index in [1.54, 1.807) is 14.2 Å². The molecule has 2 N–H and O–H groups in total. The minimum Gasteiger partial charge on any atom is -0.497 e. The van der Waals surface area contributed by atoms with Gasteiger partial charge in [-0.05, 0) is 31.0 Å². The first-order valence-corrected chi connectivity index (χ1v) is 6.10. The topological polar surface area (TPSA) is 44.5 Å². The molecule has 0 aliphatic rings. The van der Waals surface area contributed by atoms with Crippen LogP contribution in [-0.4, -0.2) is 20.8 Å². The van der Waals surface area contributed by atoms with E-state index in [2.05, 4.69) is 13.8 Å². The van der Waals surface area contributed by atoms with E-state index in [0.29, 0.717) is 6.54 Å². The van der Waals surface area contributed by atoms with Gasteiger partial charge in [0.25, 0.3) is 0 Å². The Kier molecular flexibility index (Phi) is 4.82. The fourth-order valence-electron chi connectivity index (χ4n) is 2.26. The molecule has 0 unspecified atom stereocenters. The molecule has 1 rings (SSSR count). The average molecular weight is 237 g/mol. The van der Waals surface area contributed by atoms with Crippen LogP contribution in [0.3, 0.4) is 0 Å². The molecule has 0 spiro atoms. The van der Waals surface area contributed by atoms with Crippen LogP contribution in [0.2, 0.25) is 0 Å². The van der Waals surface area contributed by atoms with Gasteiger partial charge in [-0.3, -0.25) is 0 Å². The van der Waals surface area contributed by atoms with E-state index in [0.717, 1.165) is 29.9 Å². The van der Waals surface area contributed by atoms with Gasteiger partial charge in [0.2, 0.25) is 0 Å². The SMILES string of the molecule is CCC(CC)(CN)c1cc(OC)ccc1OC. The summed E-state index contributed by atoms with van der Waals surface area (Å²) >= 11 is 0. The molecule has 96 valence electrons. The van der Waals surface area contributed by atoms with Crippen LogP contribution in [0.1, 0.15) is 32.3 Å². The van der Waals surface area contributed by atoms with Crippen LogP contribution in [0.5, 0.6) is 11.5 Å². The van der Waals surface area contributed by atoms with Gasteiger partial charge in [0.1, 0.15) is 11.5 Å². The lowest BCUT2D eigenvalue weighted by Crippen LogP contribution is -2.34. The van der Waals surface area contributed by atoms with Gasteiger partial charge in [0, 0.05) is 17.5 Å². The van der Waals surface area contributed by atoms with Crippen molar-refractivity contribution in [2.45, 2.75) is 32.1 Å². The summed E-state index contributed by atoms with van der Waals surface area (Å²) in [5.74, 6) is 1.74. The van der Waals surface area contributed by atoms with Crippen LogP contribution in [0, 0.1) is 0 Å². The second-order valence-electron chi connectivity index (χ2n) is 4.26. The highest BCUT2D eigenvalue weighted by atomic mass is 16.5. The van der Waals surface area contributed by atoms with E-state index < -0.39 is 0 Å². The van der Waals surface area contributed by atoms with Gasteiger partial charge in [0.15, 0.2) is 0 Å². The molecule has 0 amide bonds. The highest BCUT2D eigenvalue weighted by Gasteiger charge is 2.30. The second kappa shape index (κ2) is 5.92. The predicted molar refractivity (Wildman–Crippen MR) is 70.9 cm³/mol. The van der Waals surface area contributed by atoms with Crippen molar-refractivity contribution in [1.82, 2.24) is 0 Å². The maximum Gasteiger partial charge on any atom is 0.122 e. The molecule has 0 aliphatic carbocycles. The van der Waals surface area contributed by atoms with Crippen LogP contribution >= 0.6 is 0 Å². The minimum absolute atomic E-state index is 0.0279. The van der Waals surface area contributed by atoms with Crippen molar-refractivity contribution in [3.8, 4) is 11.5 Å². The molecular formula is C14H23NO2. The molecule has 0 fully saturated rings. The third kappa shape index (κ3) is 2.55. The Morgan fingerprint density at radius 1 is 1.12 bits per heavy atom. The molecule has 0 bridgehead atoms. The van der Waals surface area contributed by atoms with Gasteiger partial charge in [-0.1, -0.05) is 13.8 Å². The maximum atomic E-state index is 5.98. The first-order valence-electron chi connectivity index (χ1n) is 6.10. The number of benzene rings is 1. The van der Waals surface area contributed by atoms with E-state index in [4.69, 9.17) is 15.2 Å². The van der Waals surface area contributed by atoms with Gasteiger partial charge >= 0.3 is 0 Å². The molecule has 0 aliphatic heterocycles. The Morgan fingerprint density at radius 3 is 2.18 bits per heavy atom. The third-order valence-electron chi connectivity index (χ3n) is 3.72. The van der Waals surface area contributed by atoms with Crippen LogP contribution in [-0.2, 0) is 5.41 Å². The summed E-state index contributed by atoms with van der Waals surface area (Å²) in [5.41, 5.74) is 7.10. The highest BCUT2D eigenvalue weighted by Crippen LogP contribution is 2.38. The van der Waals surface area contributed by atoms with Crippen molar-refractivity contribution in [2.24, 2.45) is 5.73 Å². The molecule has 0 heterocycles. The molecule has 0 aromatic heterocycles. The molecule has 0 saturated carbocycles. The van der Waals surface area contributed by atoms with Crippen molar-refractivity contribution >= 4 is 0 Å². The lowest BCUT2D eigenvalue weighted by molar-refractivity contribution is 0.354. The lowest BCUT2D eigenvalue weighted by Gasteiger charge is -2.32. The normalized spacial score (nSPS) is 11.4. The quantitative estimate of drug-likeness (QED) is 0.827. The van der Waals surface area contributed by atoms with E-state index in [1.165, 1.54) is 0 Å². The Hall–Kier alpha value is -1.22. The Balaban J connectivity index is 3.33. The lowest BCUT2D eigenvalue weighted by atomic mass is 9.75. The summed E-state index contributed by atoms with van der Waals surface area (Å²) in [6.45, 7) is 4.94. The third-order valence-corrected chi connectivity index (χ3v) is 3.72. The Labute approximate surface area is 104 Å². The molecule has 17 heavy (non-hydrogen) atoms. The van der Waals surface area contributed by atoms with Crippen LogP contribution in [0.25, 0.3) is 0 Å². The fourth-order valence-corrected chi connectivity index (χ4v) is 2.26. The highest BCUT2D eigenvalue weighted by molar-refractivity contribution is 5.45. The van der Waals surface area contributed by atoms with Crippen molar-refractivity contribution in [2.75, 3.05) is 20.8 Å². The van der Waals surface area contributed by atoms with Crippen LogP contribution in [0.15, 0.2) is 18.2 Å². The van der Waals surface area contributed by atoms with Gasteiger partial charge in [-0.25, -0.2) is 0 Å².